The van der Waals surface area contributed by atoms with Gasteiger partial charge in [0.05, 0.1) is 17.8 Å². The van der Waals surface area contributed by atoms with E-state index >= 15 is 0 Å². The number of rotatable bonds is 2. The molecule has 0 saturated heterocycles. The molecule has 24 heavy (non-hydrogen) atoms. The van der Waals surface area contributed by atoms with Gasteiger partial charge in [0.1, 0.15) is 11.6 Å². The molecule has 128 valence electrons. The van der Waals surface area contributed by atoms with E-state index in [1.54, 1.807) is 17.9 Å². The normalized spacial score (nSPS) is 16.2. The van der Waals surface area contributed by atoms with Gasteiger partial charge >= 0.3 is 0 Å². The molecule has 0 radical (unpaired) electrons. The predicted molar refractivity (Wildman–Crippen MR) is 90.9 cm³/mol. The van der Waals surface area contributed by atoms with Gasteiger partial charge in [0.15, 0.2) is 0 Å². The molecule has 2 aromatic rings. The number of benzene rings is 1. The molecular weight excluding hydrogens is 307 g/mol. The molecule has 0 unspecified atom stereocenters. The Bertz CT molecular complexity index is 810. The van der Waals surface area contributed by atoms with Crippen LogP contribution in [0.2, 0.25) is 0 Å². The average Bonchev–Trinajstić information content (AvgIpc) is 2.88. The van der Waals surface area contributed by atoms with E-state index in [2.05, 4.69) is 4.57 Å². The van der Waals surface area contributed by atoms with Crippen molar-refractivity contribution in [1.82, 2.24) is 14.5 Å². The van der Waals surface area contributed by atoms with Gasteiger partial charge in [0.2, 0.25) is 5.91 Å². The molecule has 0 saturated carbocycles. The van der Waals surface area contributed by atoms with E-state index in [-0.39, 0.29) is 18.3 Å². The van der Waals surface area contributed by atoms with E-state index in [4.69, 9.17) is 10.7 Å². The fourth-order valence-electron chi connectivity index (χ4n) is 3.49. The first-order chi connectivity index (χ1) is 11.3. The summed E-state index contributed by atoms with van der Waals surface area (Å²) in [5.74, 6) is 0.538. The summed E-state index contributed by atoms with van der Waals surface area (Å²) in [7, 11) is 0. The van der Waals surface area contributed by atoms with Crippen LogP contribution in [0.25, 0.3) is 11.3 Å². The third-order valence-electron chi connectivity index (χ3n) is 4.90. The molecule has 2 N–H and O–H groups in total. The Morgan fingerprint density at radius 3 is 2.67 bits per heavy atom. The third kappa shape index (κ3) is 2.41. The zero-order valence-corrected chi connectivity index (χ0v) is 14.6. The maximum Gasteiger partial charge on any atom is 0.237 e. The molecule has 1 aliphatic heterocycles. The number of aromatic nitrogens is 2. The first-order valence-corrected chi connectivity index (χ1v) is 8.12. The van der Waals surface area contributed by atoms with E-state index in [1.165, 1.54) is 6.07 Å². The van der Waals surface area contributed by atoms with Crippen molar-refractivity contribution in [1.29, 1.82) is 0 Å². The maximum atomic E-state index is 13.6. The summed E-state index contributed by atoms with van der Waals surface area (Å²) < 4.78 is 15.7. The molecule has 0 atom stereocenters. The van der Waals surface area contributed by atoms with Crippen LogP contribution in [0.3, 0.4) is 0 Å². The quantitative estimate of drug-likeness (QED) is 0.919. The van der Waals surface area contributed by atoms with Gasteiger partial charge in [0.25, 0.3) is 0 Å². The van der Waals surface area contributed by atoms with Crippen molar-refractivity contribution in [3.63, 3.8) is 0 Å². The first-order valence-electron chi connectivity index (χ1n) is 8.12. The van der Waals surface area contributed by atoms with Gasteiger partial charge in [-0.25, -0.2) is 9.37 Å². The lowest BCUT2D eigenvalue weighted by molar-refractivity contribution is -0.137. The van der Waals surface area contributed by atoms with Crippen LogP contribution in [0.5, 0.6) is 0 Å². The van der Waals surface area contributed by atoms with Crippen LogP contribution in [0.15, 0.2) is 18.2 Å². The molecule has 1 aliphatic rings. The van der Waals surface area contributed by atoms with Crippen molar-refractivity contribution in [2.45, 2.75) is 39.8 Å². The van der Waals surface area contributed by atoms with E-state index in [9.17, 15) is 9.18 Å². The number of carbonyl (C=O) groups is 1. The fraction of sp³-hybridized carbons (Fsp3) is 0.444. The second kappa shape index (κ2) is 5.70. The number of imidazole rings is 1. The third-order valence-corrected chi connectivity index (χ3v) is 4.90. The molecule has 5 nitrogen and oxygen atoms in total. The van der Waals surface area contributed by atoms with Crippen LogP contribution in [-0.4, -0.2) is 33.4 Å². The summed E-state index contributed by atoms with van der Waals surface area (Å²) >= 11 is 0. The minimum absolute atomic E-state index is 0.00681. The van der Waals surface area contributed by atoms with Crippen molar-refractivity contribution in [2.24, 2.45) is 5.73 Å². The molecule has 3 rings (SSSR count). The van der Waals surface area contributed by atoms with Crippen molar-refractivity contribution in [3.8, 4) is 11.3 Å². The van der Waals surface area contributed by atoms with Crippen LogP contribution in [-0.2, 0) is 16.9 Å². The van der Waals surface area contributed by atoms with Crippen molar-refractivity contribution in [2.75, 3.05) is 13.1 Å². The Kier molecular flexibility index (Phi) is 3.95. The molecule has 1 amide bonds. The number of hydrogen-bond acceptors (Lipinski definition) is 3. The van der Waals surface area contributed by atoms with E-state index < -0.39 is 5.54 Å². The second-order valence-corrected chi connectivity index (χ2v) is 6.79. The number of amides is 1. The lowest BCUT2D eigenvalue weighted by Gasteiger charge is -2.42. The highest BCUT2D eigenvalue weighted by atomic mass is 19.1. The largest absolute Gasteiger partial charge is 0.328 e. The van der Waals surface area contributed by atoms with Gasteiger partial charge in [-0.3, -0.25) is 4.79 Å². The summed E-state index contributed by atoms with van der Waals surface area (Å²) in [5.41, 5.74) is 8.36. The van der Waals surface area contributed by atoms with Crippen molar-refractivity contribution in [3.05, 3.63) is 41.1 Å². The Morgan fingerprint density at radius 2 is 2.04 bits per heavy atom. The van der Waals surface area contributed by atoms with E-state index in [1.807, 2.05) is 26.8 Å². The number of hydrogen-bond donors (Lipinski definition) is 1. The monoisotopic (exact) mass is 330 g/mol. The molecule has 2 heterocycles. The summed E-state index contributed by atoms with van der Waals surface area (Å²) in [6.45, 7) is 9.01. The number of fused-ring (bicyclic) bond motifs is 1. The lowest BCUT2D eigenvalue weighted by atomic mass is 9.99. The smallest absolute Gasteiger partial charge is 0.237 e. The van der Waals surface area contributed by atoms with Crippen LogP contribution in [0, 0.1) is 19.7 Å². The Balaban J connectivity index is 2.11. The summed E-state index contributed by atoms with van der Waals surface area (Å²) in [5, 5.41) is 0. The van der Waals surface area contributed by atoms with Crippen LogP contribution < -0.4 is 5.73 Å². The van der Waals surface area contributed by atoms with Crippen LogP contribution >= 0.6 is 0 Å². The van der Waals surface area contributed by atoms with Gasteiger partial charge in [0, 0.05) is 24.3 Å². The number of nitrogens with two attached hydrogens (primary N) is 1. The average molecular weight is 330 g/mol. The first kappa shape index (κ1) is 16.6. The summed E-state index contributed by atoms with van der Waals surface area (Å²) in [4.78, 5) is 18.8. The Hall–Kier alpha value is -2.21. The van der Waals surface area contributed by atoms with Gasteiger partial charge in [-0.1, -0.05) is 0 Å². The summed E-state index contributed by atoms with van der Waals surface area (Å²) in [6, 6.07) is 5.03. The molecule has 0 bridgehead atoms. The highest BCUT2D eigenvalue weighted by Gasteiger charge is 2.40. The fourth-order valence-corrected chi connectivity index (χ4v) is 3.49. The van der Waals surface area contributed by atoms with Crippen molar-refractivity contribution >= 4 is 5.91 Å². The van der Waals surface area contributed by atoms with Gasteiger partial charge in [-0.2, -0.15) is 0 Å². The van der Waals surface area contributed by atoms with E-state index in [0.29, 0.717) is 18.7 Å². The Labute approximate surface area is 141 Å². The molecule has 0 fully saturated rings. The zero-order valence-electron chi connectivity index (χ0n) is 14.6. The maximum absolute atomic E-state index is 13.6. The number of nitrogens with zero attached hydrogens (tertiary/aromatic N) is 3. The second-order valence-electron chi connectivity index (χ2n) is 6.79. The number of aryl methyl sites for hydroxylation is 1. The predicted octanol–water partition coefficient (Wildman–Crippen LogP) is 2.34. The van der Waals surface area contributed by atoms with Crippen LogP contribution in [0.1, 0.15) is 30.9 Å². The minimum atomic E-state index is -0.535. The minimum Gasteiger partial charge on any atom is -0.328 e. The lowest BCUT2D eigenvalue weighted by Crippen LogP contribution is -2.53. The topological polar surface area (TPSA) is 64.2 Å². The summed E-state index contributed by atoms with van der Waals surface area (Å²) in [6.07, 6.45) is 0. The van der Waals surface area contributed by atoms with Crippen LogP contribution in [0.4, 0.5) is 4.39 Å². The van der Waals surface area contributed by atoms with Gasteiger partial charge in [-0.05, 0) is 51.5 Å². The van der Waals surface area contributed by atoms with Gasteiger partial charge in [-0.15, -0.1) is 0 Å². The number of carbonyl (C=O) groups excluding carboxylic acids is 1. The molecule has 1 aromatic heterocycles. The highest BCUT2D eigenvalue weighted by Crippen LogP contribution is 2.35. The van der Waals surface area contributed by atoms with Crippen molar-refractivity contribution < 1.29 is 9.18 Å². The Morgan fingerprint density at radius 1 is 1.33 bits per heavy atom. The zero-order chi connectivity index (χ0) is 17.6. The highest BCUT2D eigenvalue weighted by molar-refractivity contribution is 5.79. The number of halogens is 1. The molecule has 6 heteroatoms. The molecular formula is C18H23FN4O. The SMILES string of the molecule is Cc1cc(-c2nc3n(c2C)CCN(C(=O)CN)C3(C)C)ccc1F. The molecule has 0 aliphatic carbocycles. The van der Waals surface area contributed by atoms with Gasteiger partial charge < -0.3 is 15.2 Å². The molecule has 1 aromatic carbocycles. The molecule has 0 spiro atoms. The standard InChI is InChI=1S/C18H23FN4O/c1-11-9-13(5-6-14(11)19)16-12(2)22-7-8-23(15(24)10-20)18(3,4)17(22)21-16/h5-6,9H,7-8,10,20H2,1-4H3. The van der Waals surface area contributed by atoms with E-state index in [0.717, 1.165) is 22.8 Å².